The summed E-state index contributed by atoms with van der Waals surface area (Å²) in [5.41, 5.74) is 2.16. The Kier molecular flexibility index (Phi) is 7.90. The van der Waals surface area contributed by atoms with E-state index in [1.54, 1.807) is 48.5 Å². The Labute approximate surface area is 205 Å². The number of nitrogens with one attached hydrogen (secondary N) is 2. The van der Waals surface area contributed by atoms with Crippen LogP contribution in [0.5, 0.6) is 0 Å². The number of para-hydroxylation sites is 1. The second-order valence-electron chi connectivity index (χ2n) is 8.71. The van der Waals surface area contributed by atoms with Gasteiger partial charge in [0.1, 0.15) is 6.04 Å². The maximum Gasteiger partial charge on any atom is 0.255 e. The van der Waals surface area contributed by atoms with Crippen LogP contribution >= 0.6 is 0 Å². The minimum absolute atomic E-state index is 0.0962. The van der Waals surface area contributed by atoms with Gasteiger partial charge in [0.25, 0.3) is 11.8 Å². The Balaban J connectivity index is 1.53. The first-order valence-electron chi connectivity index (χ1n) is 11.8. The van der Waals surface area contributed by atoms with Gasteiger partial charge in [-0.05, 0) is 36.9 Å². The van der Waals surface area contributed by atoms with E-state index in [0.717, 1.165) is 18.7 Å². The number of hydrogen-bond acceptors (Lipinski definition) is 4. The average molecular weight is 471 g/mol. The van der Waals surface area contributed by atoms with Crippen LogP contribution in [-0.4, -0.2) is 66.8 Å². The predicted octanol–water partition coefficient (Wildman–Crippen LogP) is 3.05. The number of carbonyl (C=O) groups is 3. The molecule has 0 aromatic heterocycles. The Morgan fingerprint density at radius 1 is 0.771 bits per heavy atom. The van der Waals surface area contributed by atoms with Gasteiger partial charge < -0.3 is 20.4 Å². The molecule has 3 aromatic rings. The van der Waals surface area contributed by atoms with Crippen molar-refractivity contribution in [1.29, 1.82) is 0 Å². The van der Waals surface area contributed by atoms with E-state index in [2.05, 4.69) is 15.5 Å². The van der Waals surface area contributed by atoms with Crippen LogP contribution in [0.15, 0.2) is 84.9 Å². The van der Waals surface area contributed by atoms with Crippen LogP contribution in [0.25, 0.3) is 0 Å². The maximum atomic E-state index is 13.4. The summed E-state index contributed by atoms with van der Waals surface area (Å²) in [6.45, 7) is 2.85. The lowest BCUT2D eigenvalue weighted by Gasteiger charge is -2.35. The molecule has 0 saturated carbocycles. The number of piperazine rings is 1. The van der Waals surface area contributed by atoms with Crippen LogP contribution < -0.4 is 10.6 Å². The molecule has 35 heavy (non-hydrogen) atoms. The highest BCUT2D eigenvalue weighted by Gasteiger charge is 2.29. The molecule has 0 bridgehead atoms. The molecule has 2 N–H and O–H groups in total. The van der Waals surface area contributed by atoms with Crippen LogP contribution in [0.2, 0.25) is 0 Å². The lowest BCUT2D eigenvalue weighted by Crippen LogP contribution is -2.55. The molecule has 1 heterocycles. The first-order valence-corrected chi connectivity index (χ1v) is 11.8. The summed E-state index contributed by atoms with van der Waals surface area (Å²) in [6, 6.07) is 24.6. The van der Waals surface area contributed by atoms with Crippen molar-refractivity contribution >= 4 is 23.4 Å². The highest BCUT2D eigenvalue weighted by Crippen LogP contribution is 2.18. The molecule has 4 rings (SSSR count). The van der Waals surface area contributed by atoms with Crippen molar-refractivity contribution in [2.45, 2.75) is 12.5 Å². The molecule has 7 heteroatoms. The van der Waals surface area contributed by atoms with Crippen LogP contribution in [0.4, 0.5) is 5.69 Å². The molecule has 7 nitrogen and oxygen atoms in total. The highest BCUT2D eigenvalue weighted by atomic mass is 16.2. The zero-order chi connectivity index (χ0) is 24.6. The van der Waals surface area contributed by atoms with Gasteiger partial charge in [-0.25, -0.2) is 0 Å². The van der Waals surface area contributed by atoms with Gasteiger partial charge >= 0.3 is 0 Å². The van der Waals surface area contributed by atoms with Gasteiger partial charge in [0, 0.05) is 38.2 Å². The van der Waals surface area contributed by atoms with Crippen molar-refractivity contribution in [3.8, 4) is 0 Å². The third kappa shape index (κ3) is 6.33. The van der Waals surface area contributed by atoms with Crippen molar-refractivity contribution in [2.24, 2.45) is 0 Å². The number of likely N-dealkylation sites (N-methyl/N-ethyl adjacent to an activating group) is 1. The lowest BCUT2D eigenvalue weighted by atomic mass is 10.0. The van der Waals surface area contributed by atoms with E-state index in [4.69, 9.17) is 0 Å². The largest absolute Gasteiger partial charge is 0.340 e. The molecule has 0 radical (unpaired) electrons. The van der Waals surface area contributed by atoms with Gasteiger partial charge in [-0.3, -0.25) is 14.4 Å². The number of nitrogens with zero attached hydrogens (tertiary/aromatic N) is 2. The van der Waals surface area contributed by atoms with Crippen molar-refractivity contribution in [2.75, 3.05) is 38.5 Å². The molecule has 0 spiro atoms. The van der Waals surface area contributed by atoms with Crippen molar-refractivity contribution in [1.82, 2.24) is 15.1 Å². The van der Waals surface area contributed by atoms with Gasteiger partial charge in [0.15, 0.2) is 0 Å². The summed E-state index contributed by atoms with van der Waals surface area (Å²) >= 11 is 0. The normalized spacial score (nSPS) is 14.7. The number of anilines is 1. The second-order valence-corrected chi connectivity index (χ2v) is 8.71. The molecule has 1 saturated heterocycles. The second kappa shape index (κ2) is 11.4. The Bertz CT molecular complexity index is 1160. The molecule has 0 unspecified atom stereocenters. The van der Waals surface area contributed by atoms with Crippen LogP contribution in [0, 0.1) is 0 Å². The molecule has 1 aliphatic rings. The third-order valence-electron chi connectivity index (χ3n) is 6.16. The Morgan fingerprint density at radius 2 is 1.37 bits per heavy atom. The minimum Gasteiger partial charge on any atom is -0.340 e. The van der Waals surface area contributed by atoms with Crippen molar-refractivity contribution in [3.05, 3.63) is 102 Å². The number of benzene rings is 3. The molecule has 0 aliphatic carbocycles. The number of hydrogen-bond donors (Lipinski definition) is 2. The highest BCUT2D eigenvalue weighted by molar-refractivity contribution is 6.09. The summed E-state index contributed by atoms with van der Waals surface area (Å²) in [6.07, 6.45) is 0.385. The molecule has 180 valence electrons. The molecule has 1 atom stereocenters. The minimum atomic E-state index is -0.716. The van der Waals surface area contributed by atoms with E-state index in [9.17, 15) is 14.4 Å². The van der Waals surface area contributed by atoms with Gasteiger partial charge in [-0.15, -0.1) is 0 Å². The third-order valence-corrected chi connectivity index (χ3v) is 6.16. The predicted molar refractivity (Wildman–Crippen MR) is 136 cm³/mol. The fourth-order valence-electron chi connectivity index (χ4n) is 4.11. The fourth-order valence-corrected chi connectivity index (χ4v) is 4.11. The summed E-state index contributed by atoms with van der Waals surface area (Å²) < 4.78 is 0. The fraction of sp³-hybridized carbons (Fsp3) is 0.250. The quantitative estimate of drug-likeness (QED) is 0.556. The Hall–Kier alpha value is -3.97. The molecule has 3 aromatic carbocycles. The molecule has 3 amide bonds. The zero-order valence-electron chi connectivity index (χ0n) is 19.8. The van der Waals surface area contributed by atoms with E-state index < -0.39 is 11.9 Å². The SMILES string of the molecule is CN1CCN(C(=O)[C@H](Cc2ccccc2)NC(=O)c2ccccc2NC(=O)c2ccccc2)CC1. The first-order chi connectivity index (χ1) is 17.0. The standard InChI is InChI=1S/C28H30N4O3/c1-31-16-18-32(19-17-31)28(35)25(20-21-10-4-2-5-11-21)30-27(34)23-14-8-9-15-24(23)29-26(33)22-12-6-3-7-13-22/h2-15,25H,16-20H2,1H3,(H,29,33)(H,30,34)/t25-/m0/s1. The van der Waals surface area contributed by atoms with E-state index >= 15 is 0 Å². The Morgan fingerprint density at radius 3 is 2.06 bits per heavy atom. The van der Waals surface area contributed by atoms with E-state index in [1.165, 1.54) is 0 Å². The number of amides is 3. The monoisotopic (exact) mass is 470 g/mol. The summed E-state index contributed by atoms with van der Waals surface area (Å²) in [7, 11) is 2.03. The smallest absolute Gasteiger partial charge is 0.255 e. The average Bonchev–Trinajstić information content (AvgIpc) is 2.89. The van der Waals surface area contributed by atoms with Gasteiger partial charge in [0.2, 0.25) is 5.91 Å². The van der Waals surface area contributed by atoms with Gasteiger partial charge in [0.05, 0.1) is 11.3 Å². The lowest BCUT2D eigenvalue weighted by molar-refractivity contribution is -0.134. The molecule has 1 aliphatic heterocycles. The van der Waals surface area contributed by atoms with E-state index in [1.807, 2.05) is 48.3 Å². The van der Waals surface area contributed by atoms with Gasteiger partial charge in [-0.1, -0.05) is 60.7 Å². The summed E-state index contributed by atoms with van der Waals surface area (Å²) in [5.74, 6) is -0.807. The van der Waals surface area contributed by atoms with Crippen molar-refractivity contribution < 1.29 is 14.4 Å². The topological polar surface area (TPSA) is 81.8 Å². The van der Waals surface area contributed by atoms with Crippen LogP contribution in [0.1, 0.15) is 26.3 Å². The first kappa shape index (κ1) is 24.2. The number of rotatable bonds is 7. The molecule has 1 fully saturated rings. The van der Waals surface area contributed by atoms with Crippen LogP contribution in [0.3, 0.4) is 0 Å². The molecular weight excluding hydrogens is 440 g/mol. The van der Waals surface area contributed by atoms with E-state index in [-0.39, 0.29) is 11.8 Å². The van der Waals surface area contributed by atoms with Gasteiger partial charge in [-0.2, -0.15) is 0 Å². The van der Waals surface area contributed by atoms with Crippen molar-refractivity contribution in [3.63, 3.8) is 0 Å². The zero-order valence-corrected chi connectivity index (χ0v) is 19.8. The van der Waals surface area contributed by atoms with Crippen LogP contribution in [-0.2, 0) is 11.2 Å². The van der Waals surface area contributed by atoms with E-state index in [0.29, 0.717) is 36.3 Å². The number of carbonyl (C=O) groups excluding carboxylic acids is 3. The summed E-state index contributed by atoms with van der Waals surface area (Å²) in [4.78, 5) is 43.5. The summed E-state index contributed by atoms with van der Waals surface area (Å²) in [5, 5.41) is 5.78. The molecular formula is C28H30N4O3. The maximum absolute atomic E-state index is 13.4.